The minimum absolute atomic E-state index is 0.0151. The monoisotopic (exact) mass is 360 g/mol. The molecule has 0 saturated carbocycles. The smallest absolute Gasteiger partial charge is 0.326 e. The van der Waals surface area contributed by atoms with Crippen LogP contribution in [0, 0.1) is 5.92 Å². The number of carbonyl (C=O) groups excluding carboxylic acids is 1. The molecule has 2 amide bonds. The van der Waals surface area contributed by atoms with Crippen molar-refractivity contribution in [3.8, 4) is 0 Å². The molecule has 7 nitrogen and oxygen atoms in total. The summed E-state index contributed by atoms with van der Waals surface area (Å²) in [5.74, 6) is 0.347. The number of hydrogen-bond donors (Lipinski definition) is 2. The third kappa shape index (κ3) is 3.77. The third-order valence-electron chi connectivity index (χ3n) is 5.24. The first-order chi connectivity index (χ1) is 12.5. The number of piperidine rings is 1. The summed E-state index contributed by atoms with van der Waals surface area (Å²) in [5.41, 5.74) is 1.71. The van der Waals surface area contributed by atoms with E-state index in [1.54, 1.807) is 7.11 Å². The fraction of sp³-hybridized carbons (Fsp3) is 0.579. The van der Waals surface area contributed by atoms with E-state index in [1.165, 1.54) is 0 Å². The number of aromatic amines is 1. The second kappa shape index (κ2) is 7.95. The van der Waals surface area contributed by atoms with Crippen molar-refractivity contribution in [3.05, 3.63) is 34.7 Å². The molecule has 0 spiro atoms. The average Bonchev–Trinajstić information content (AvgIpc) is 2.97. The Hall–Kier alpha value is -2.28. The van der Waals surface area contributed by atoms with Crippen LogP contribution in [0.15, 0.2) is 29.1 Å². The number of hydrogen-bond acceptors (Lipinski definition) is 3. The van der Waals surface area contributed by atoms with Gasteiger partial charge in [0.05, 0.1) is 17.1 Å². The van der Waals surface area contributed by atoms with E-state index < -0.39 is 0 Å². The summed E-state index contributed by atoms with van der Waals surface area (Å²) in [4.78, 5) is 29.5. The number of para-hydroxylation sites is 2. The predicted molar refractivity (Wildman–Crippen MR) is 101 cm³/mol. The van der Waals surface area contributed by atoms with Gasteiger partial charge in [-0.1, -0.05) is 26.0 Å². The van der Waals surface area contributed by atoms with E-state index >= 15 is 0 Å². The number of likely N-dealkylation sites (tertiary alicyclic amines) is 1. The minimum atomic E-state index is -0.0750. The van der Waals surface area contributed by atoms with E-state index in [2.05, 4.69) is 24.1 Å². The van der Waals surface area contributed by atoms with Crippen molar-refractivity contribution >= 4 is 17.1 Å². The highest BCUT2D eigenvalue weighted by molar-refractivity contribution is 5.75. The number of ether oxygens (including phenoxy) is 1. The van der Waals surface area contributed by atoms with E-state index in [4.69, 9.17) is 4.74 Å². The summed E-state index contributed by atoms with van der Waals surface area (Å²) >= 11 is 0. The van der Waals surface area contributed by atoms with Gasteiger partial charge in [0.1, 0.15) is 0 Å². The maximum Gasteiger partial charge on any atom is 0.326 e. The van der Waals surface area contributed by atoms with Crippen LogP contribution < -0.4 is 11.0 Å². The number of rotatable bonds is 5. The third-order valence-corrected chi connectivity index (χ3v) is 5.24. The Kier molecular flexibility index (Phi) is 5.66. The average molecular weight is 360 g/mol. The highest BCUT2D eigenvalue weighted by atomic mass is 16.5. The number of nitrogens with one attached hydrogen (secondary N) is 2. The lowest BCUT2D eigenvalue weighted by atomic mass is 10.0. The first kappa shape index (κ1) is 18.5. The van der Waals surface area contributed by atoms with Gasteiger partial charge in [-0.3, -0.25) is 4.57 Å². The maximum absolute atomic E-state index is 12.4. The molecule has 1 fully saturated rings. The lowest BCUT2D eigenvalue weighted by Crippen LogP contribution is -2.47. The van der Waals surface area contributed by atoms with Gasteiger partial charge in [-0.25, -0.2) is 9.59 Å². The van der Waals surface area contributed by atoms with E-state index in [-0.39, 0.29) is 23.9 Å². The maximum atomic E-state index is 12.4. The van der Waals surface area contributed by atoms with Crippen LogP contribution in [0.1, 0.15) is 32.7 Å². The van der Waals surface area contributed by atoms with E-state index in [9.17, 15) is 9.59 Å². The molecule has 2 heterocycles. The van der Waals surface area contributed by atoms with Gasteiger partial charge < -0.3 is 19.9 Å². The van der Waals surface area contributed by atoms with E-state index in [0.717, 1.165) is 23.9 Å². The van der Waals surface area contributed by atoms with Gasteiger partial charge >= 0.3 is 11.7 Å². The Morgan fingerprint density at radius 3 is 2.65 bits per heavy atom. The number of aromatic nitrogens is 2. The zero-order valence-electron chi connectivity index (χ0n) is 15.7. The minimum Gasteiger partial charge on any atom is -0.379 e. The molecule has 142 valence electrons. The summed E-state index contributed by atoms with van der Waals surface area (Å²) in [7, 11) is 1.67. The van der Waals surface area contributed by atoms with Gasteiger partial charge in [0.25, 0.3) is 0 Å². The van der Waals surface area contributed by atoms with Gasteiger partial charge in [-0.05, 0) is 30.9 Å². The summed E-state index contributed by atoms with van der Waals surface area (Å²) in [6.45, 7) is 5.94. The molecule has 1 aliphatic heterocycles. The summed E-state index contributed by atoms with van der Waals surface area (Å²) in [5, 5.41) is 2.96. The SMILES string of the molecule is COC(CNC(=O)N1CCC(n2c(=O)[nH]c3ccccc32)CC1)C(C)C. The molecule has 0 radical (unpaired) electrons. The second-order valence-electron chi connectivity index (χ2n) is 7.24. The van der Waals surface area contributed by atoms with Gasteiger partial charge in [0.2, 0.25) is 0 Å². The highest BCUT2D eigenvalue weighted by Gasteiger charge is 2.26. The van der Waals surface area contributed by atoms with Crippen LogP contribution in [0.5, 0.6) is 0 Å². The molecule has 0 bridgehead atoms. The molecule has 7 heteroatoms. The largest absolute Gasteiger partial charge is 0.379 e. The molecule has 1 aromatic heterocycles. The van der Waals surface area contributed by atoms with Crippen molar-refractivity contribution in [1.29, 1.82) is 0 Å². The Bertz CT molecular complexity index is 802. The zero-order chi connectivity index (χ0) is 18.7. The summed E-state index contributed by atoms with van der Waals surface area (Å²) in [6, 6.07) is 7.79. The quantitative estimate of drug-likeness (QED) is 0.859. The number of amides is 2. The van der Waals surface area contributed by atoms with Crippen LogP contribution in [0.25, 0.3) is 11.0 Å². The summed E-state index contributed by atoms with van der Waals surface area (Å²) < 4.78 is 7.23. The fourth-order valence-electron chi connectivity index (χ4n) is 3.65. The zero-order valence-corrected chi connectivity index (χ0v) is 15.7. The molecule has 1 aliphatic rings. The molecule has 1 aromatic carbocycles. The van der Waals surface area contributed by atoms with Crippen molar-refractivity contribution in [2.75, 3.05) is 26.7 Å². The van der Waals surface area contributed by atoms with Crippen LogP contribution in [-0.4, -0.2) is 53.3 Å². The van der Waals surface area contributed by atoms with Crippen molar-refractivity contribution in [2.24, 2.45) is 5.92 Å². The number of imidazole rings is 1. The van der Waals surface area contributed by atoms with Crippen LogP contribution in [0.2, 0.25) is 0 Å². The Balaban J connectivity index is 1.59. The fourth-order valence-corrected chi connectivity index (χ4v) is 3.65. The topological polar surface area (TPSA) is 79.4 Å². The van der Waals surface area contributed by atoms with Crippen LogP contribution in [-0.2, 0) is 4.74 Å². The first-order valence-electron chi connectivity index (χ1n) is 9.26. The van der Waals surface area contributed by atoms with Gasteiger partial charge in [-0.2, -0.15) is 0 Å². The molecule has 2 N–H and O–H groups in total. The predicted octanol–water partition coefficient (Wildman–Crippen LogP) is 2.35. The Morgan fingerprint density at radius 1 is 1.31 bits per heavy atom. The molecule has 1 unspecified atom stereocenters. The molecule has 1 saturated heterocycles. The Labute approximate surface area is 153 Å². The molecule has 0 aliphatic carbocycles. The number of carbonyl (C=O) groups is 1. The van der Waals surface area contributed by atoms with Gasteiger partial charge in [0.15, 0.2) is 0 Å². The summed E-state index contributed by atoms with van der Waals surface area (Å²) in [6.07, 6.45) is 1.56. The number of benzene rings is 1. The molecule has 3 rings (SSSR count). The van der Waals surface area contributed by atoms with Crippen molar-refractivity contribution in [3.63, 3.8) is 0 Å². The number of urea groups is 1. The van der Waals surface area contributed by atoms with Gasteiger partial charge in [-0.15, -0.1) is 0 Å². The number of methoxy groups -OCH3 is 1. The van der Waals surface area contributed by atoms with Crippen LogP contribution in [0.4, 0.5) is 4.79 Å². The molecular formula is C19H28N4O3. The van der Waals surface area contributed by atoms with E-state index in [1.807, 2.05) is 33.7 Å². The van der Waals surface area contributed by atoms with Gasteiger partial charge in [0, 0.05) is 32.8 Å². The number of nitrogens with zero attached hydrogens (tertiary/aromatic N) is 2. The molecular weight excluding hydrogens is 332 g/mol. The Morgan fingerprint density at radius 2 is 2.00 bits per heavy atom. The highest BCUT2D eigenvalue weighted by Crippen LogP contribution is 2.24. The molecule has 2 aromatic rings. The lowest BCUT2D eigenvalue weighted by Gasteiger charge is -2.33. The molecule has 1 atom stereocenters. The second-order valence-corrected chi connectivity index (χ2v) is 7.24. The van der Waals surface area contributed by atoms with Crippen LogP contribution >= 0.6 is 0 Å². The normalized spacial score (nSPS) is 17.0. The number of fused-ring (bicyclic) bond motifs is 1. The number of H-pyrrole nitrogens is 1. The van der Waals surface area contributed by atoms with Crippen molar-refractivity contribution < 1.29 is 9.53 Å². The van der Waals surface area contributed by atoms with E-state index in [0.29, 0.717) is 25.6 Å². The lowest BCUT2D eigenvalue weighted by molar-refractivity contribution is 0.0646. The van der Waals surface area contributed by atoms with Crippen molar-refractivity contribution in [2.45, 2.75) is 38.8 Å². The molecule has 26 heavy (non-hydrogen) atoms. The van der Waals surface area contributed by atoms with Crippen LogP contribution in [0.3, 0.4) is 0 Å². The first-order valence-corrected chi connectivity index (χ1v) is 9.26. The van der Waals surface area contributed by atoms with Crippen molar-refractivity contribution in [1.82, 2.24) is 19.8 Å². The standard InChI is InChI=1S/C19H28N4O3/c1-13(2)17(26-3)12-20-18(24)22-10-8-14(9-11-22)23-16-7-5-4-6-15(16)21-19(23)25/h4-7,13-14,17H,8-12H2,1-3H3,(H,20,24)(H,21,25).